The number of benzene rings is 1. The van der Waals surface area contributed by atoms with Gasteiger partial charge in [-0.3, -0.25) is 0 Å². The molecule has 4 nitrogen and oxygen atoms in total. The average Bonchev–Trinajstić information content (AvgIpc) is 2.93. The highest BCUT2D eigenvalue weighted by Gasteiger charge is 2.14. The van der Waals surface area contributed by atoms with Gasteiger partial charge in [0.05, 0.1) is 12.0 Å². The molecule has 1 atom stereocenters. The van der Waals surface area contributed by atoms with Crippen molar-refractivity contribution in [3.63, 3.8) is 0 Å². The van der Waals surface area contributed by atoms with Crippen LogP contribution in [0, 0.1) is 6.92 Å². The molecule has 0 aliphatic heterocycles. The standard InChI is InChI=1S/C17H19N3OS/c1-11-4-6-13(7-5-11)14-9-22-17-15(14)16(18-10-19-17)20-12(2)8-21-3/h4-7,9-10,12H,8H2,1-3H3,(H,18,19,20). The molecule has 0 aliphatic carbocycles. The molecule has 114 valence electrons. The zero-order valence-electron chi connectivity index (χ0n) is 13.0. The molecule has 0 amide bonds. The molecule has 22 heavy (non-hydrogen) atoms. The molecule has 0 aliphatic rings. The second kappa shape index (κ2) is 6.42. The van der Waals surface area contributed by atoms with E-state index in [1.165, 1.54) is 16.7 Å². The number of aromatic nitrogens is 2. The maximum atomic E-state index is 5.19. The Morgan fingerprint density at radius 2 is 2.00 bits per heavy atom. The Labute approximate surface area is 134 Å². The molecule has 3 rings (SSSR count). The molecule has 5 heteroatoms. The van der Waals surface area contributed by atoms with Crippen LogP contribution in [-0.4, -0.2) is 29.7 Å². The molecule has 2 aromatic heterocycles. The molecular formula is C17H19N3OS. The van der Waals surface area contributed by atoms with Crippen LogP contribution in [0.1, 0.15) is 12.5 Å². The number of anilines is 1. The van der Waals surface area contributed by atoms with Crippen molar-refractivity contribution in [2.45, 2.75) is 19.9 Å². The summed E-state index contributed by atoms with van der Waals surface area (Å²) in [5, 5.41) is 6.66. The van der Waals surface area contributed by atoms with Gasteiger partial charge in [0.1, 0.15) is 17.0 Å². The minimum Gasteiger partial charge on any atom is -0.383 e. The van der Waals surface area contributed by atoms with E-state index in [1.807, 2.05) is 0 Å². The predicted octanol–water partition coefficient (Wildman–Crippen LogP) is 4.11. The van der Waals surface area contributed by atoms with Crippen LogP contribution in [0.15, 0.2) is 36.0 Å². The van der Waals surface area contributed by atoms with E-state index in [-0.39, 0.29) is 6.04 Å². The van der Waals surface area contributed by atoms with Gasteiger partial charge in [-0.2, -0.15) is 0 Å². The Kier molecular flexibility index (Phi) is 4.36. The summed E-state index contributed by atoms with van der Waals surface area (Å²) in [7, 11) is 1.70. The fourth-order valence-electron chi connectivity index (χ4n) is 2.46. The lowest BCUT2D eigenvalue weighted by atomic mass is 10.0. The molecular weight excluding hydrogens is 294 g/mol. The zero-order valence-corrected chi connectivity index (χ0v) is 13.8. The smallest absolute Gasteiger partial charge is 0.139 e. The first-order chi connectivity index (χ1) is 10.7. The summed E-state index contributed by atoms with van der Waals surface area (Å²) in [6.07, 6.45) is 1.61. The van der Waals surface area contributed by atoms with E-state index >= 15 is 0 Å². The summed E-state index contributed by atoms with van der Waals surface area (Å²) in [4.78, 5) is 9.83. The lowest BCUT2D eigenvalue weighted by molar-refractivity contribution is 0.190. The van der Waals surface area contributed by atoms with E-state index in [4.69, 9.17) is 4.74 Å². The lowest BCUT2D eigenvalue weighted by Gasteiger charge is -2.14. The quantitative estimate of drug-likeness (QED) is 0.770. The Morgan fingerprint density at radius 3 is 2.73 bits per heavy atom. The number of nitrogens with one attached hydrogen (secondary N) is 1. The fourth-order valence-corrected chi connectivity index (χ4v) is 3.37. The van der Waals surface area contributed by atoms with Crippen molar-refractivity contribution in [3.05, 3.63) is 41.5 Å². The molecule has 2 heterocycles. The third kappa shape index (κ3) is 2.96. The van der Waals surface area contributed by atoms with E-state index in [1.54, 1.807) is 24.8 Å². The monoisotopic (exact) mass is 313 g/mol. The normalized spacial score (nSPS) is 12.5. The van der Waals surface area contributed by atoms with Crippen molar-refractivity contribution < 1.29 is 4.74 Å². The Balaban J connectivity index is 2.06. The molecule has 0 bridgehead atoms. The number of ether oxygens (including phenoxy) is 1. The summed E-state index contributed by atoms with van der Waals surface area (Å²) in [6.45, 7) is 4.81. The average molecular weight is 313 g/mol. The number of hydrogen-bond donors (Lipinski definition) is 1. The van der Waals surface area contributed by atoms with Crippen LogP contribution in [-0.2, 0) is 4.74 Å². The SMILES string of the molecule is COCC(C)Nc1ncnc2scc(-c3ccc(C)cc3)c12. The second-order valence-electron chi connectivity index (χ2n) is 5.42. The fraction of sp³-hybridized carbons (Fsp3) is 0.294. The molecule has 0 saturated carbocycles. The molecule has 0 radical (unpaired) electrons. The summed E-state index contributed by atoms with van der Waals surface area (Å²) in [6, 6.07) is 8.74. The highest BCUT2D eigenvalue weighted by Crippen LogP contribution is 2.36. The first-order valence-electron chi connectivity index (χ1n) is 7.23. The molecule has 1 unspecified atom stereocenters. The van der Waals surface area contributed by atoms with Crippen LogP contribution < -0.4 is 5.32 Å². The molecule has 0 spiro atoms. The van der Waals surface area contributed by atoms with E-state index in [0.717, 1.165) is 16.0 Å². The molecule has 1 N–H and O–H groups in total. The number of aryl methyl sites for hydroxylation is 1. The van der Waals surface area contributed by atoms with Crippen molar-refractivity contribution in [3.8, 4) is 11.1 Å². The van der Waals surface area contributed by atoms with Crippen molar-refractivity contribution in [2.75, 3.05) is 19.0 Å². The summed E-state index contributed by atoms with van der Waals surface area (Å²) >= 11 is 1.65. The topological polar surface area (TPSA) is 47.0 Å². The van der Waals surface area contributed by atoms with Crippen molar-refractivity contribution in [2.24, 2.45) is 0 Å². The van der Waals surface area contributed by atoms with Gasteiger partial charge < -0.3 is 10.1 Å². The van der Waals surface area contributed by atoms with E-state index < -0.39 is 0 Å². The highest BCUT2D eigenvalue weighted by molar-refractivity contribution is 7.17. The van der Waals surface area contributed by atoms with Gasteiger partial charge in [0.2, 0.25) is 0 Å². The minimum atomic E-state index is 0.189. The van der Waals surface area contributed by atoms with Crippen LogP contribution in [0.3, 0.4) is 0 Å². The largest absolute Gasteiger partial charge is 0.383 e. The van der Waals surface area contributed by atoms with Crippen LogP contribution in [0.25, 0.3) is 21.3 Å². The molecule has 1 aromatic carbocycles. The van der Waals surface area contributed by atoms with Gasteiger partial charge in [-0.05, 0) is 19.4 Å². The van der Waals surface area contributed by atoms with Gasteiger partial charge in [-0.1, -0.05) is 29.8 Å². The van der Waals surface area contributed by atoms with E-state index in [9.17, 15) is 0 Å². The van der Waals surface area contributed by atoms with Gasteiger partial charge in [0.25, 0.3) is 0 Å². The predicted molar refractivity (Wildman–Crippen MR) is 92.5 cm³/mol. The molecule has 0 fully saturated rings. The first-order valence-corrected chi connectivity index (χ1v) is 8.11. The van der Waals surface area contributed by atoms with Crippen LogP contribution in [0.2, 0.25) is 0 Å². The van der Waals surface area contributed by atoms with Crippen molar-refractivity contribution >= 4 is 27.4 Å². The van der Waals surface area contributed by atoms with Gasteiger partial charge >= 0.3 is 0 Å². The second-order valence-corrected chi connectivity index (χ2v) is 6.28. The Bertz CT molecular complexity index is 767. The van der Waals surface area contributed by atoms with Crippen LogP contribution >= 0.6 is 11.3 Å². The number of thiophene rings is 1. The zero-order chi connectivity index (χ0) is 15.5. The molecule has 0 saturated heterocycles. The van der Waals surface area contributed by atoms with Gasteiger partial charge in [-0.15, -0.1) is 11.3 Å². The number of nitrogens with zero attached hydrogens (tertiary/aromatic N) is 2. The number of fused-ring (bicyclic) bond motifs is 1. The van der Waals surface area contributed by atoms with Crippen LogP contribution in [0.4, 0.5) is 5.82 Å². The first kappa shape index (κ1) is 14.9. The molecule has 3 aromatic rings. The van der Waals surface area contributed by atoms with E-state index in [2.05, 4.69) is 58.8 Å². The lowest BCUT2D eigenvalue weighted by Crippen LogP contribution is -2.21. The maximum absolute atomic E-state index is 5.19. The van der Waals surface area contributed by atoms with Gasteiger partial charge in [-0.25, -0.2) is 9.97 Å². The maximum Gasteiger partial charge on any atom is 0.139 e. The van der Waals surface area contributed by atoms with Crippen LogP contribution in [0.5, 0.6) is 0 Å². The van der Waals surface area contributed by atoms with Gasteiger partial charge in [0.15, 0.2) is 0 Å². The van der Waals surface area contributed by atoms with Crippen molar-refractivity contribution in [1.82, 2.24) is 9.97 Å². The van der Waals surface area contributed by atoms with E-state index in [0.29, 0.717) is 6.61 Å². The number of methoxy groups -OCH3 is 1. The Morgan fingerprint density at radius 1 is 1.23 bits per heavy atom. The Hall–Kier alpha value is -1.98. The number of hydrogen-bond acceptors (Lipinski definition) is 5. The highest BCUT2D eigenvalue weighted by atomic mass is 32.1. The third-order valence-electron chi connectivity index (χ3n) is 3.53. The van der Waals surface area contributed by atoms with Gasteiger partial charge in [0, 0.05) is 24.1 Å². The third-order valence-corrected chi connectivity index (χ3v) is 4.42. The minimum absolute atomic E-state index is 0.189. The van der Waals surface area contributed by atoms with Crippen molar-refractivity contribution in [1.29, 1.82) is 0 Å². The number of rotatable bonds is 5. The summed E-state index contributed by atoms with van der Waals surface area (Å²) in [5.74, 6) is 0.867. The summed E-state index contributed by atoms with van der Waals surface area (Å²) in [5.41, 5.74) is 3.62. The summed E-state index contributed by atoms with van der Waals surface area (Å²) < 4.78 is 5.19.